The number of hydrogen-bond acceptors (Lipinski definition) is 1. The van der Waals surface area contributed by atoms with Crippen LogP contribution in [0.25, 0.3) is 0 Å². The van der Waals surface area contributed by atoms with Gasteiger partial charge in [0.05, 0.1) is 0 Å². The molecule has 0 aromatic heterocycles. The third-order valence-electron chi connectivity index (χ3n) is 0.905. The lowest BCUT2D eigenvalue weighted by atomic mass is 10.1. The summed E-state index contributed by atoms with van der Waals surface area (Å²) in [5.74, 6) is 0. The summed E-state index contributed by atoms with van der Waals surface area (Å²) in [6, 6.07) is 1.36. The van der Waals surface area contributed by atoms with Crippen molar-refractivity contribution in [3.8, 4) is 0 Å². The fourth-order valence-electron chi connectivity index (χ4n) is 0.500. The minimum atomic E-state index is 0.324. The summed E-state index contributed by atoms with van der Waals surface area (Å²) < 4.78 is 0. The van der Waals surface area contributed by atoms with Gasteiger partial charge in [0.2, 0.25) is 0 Å². The molecule has 0 bridgehead atoms. The first-order chi connectivity index (χ1) is 3.56. The van der Waals surface area contributed by atoms with E-state index in [-0.39, 0.29) is 0 Å². The molecular weight excluding hydrogens is 114 g/mol. The molecule has 0 rings (SSSR count). The second-order valence-electron chi connectivity index (χ2n) is 3.18. The molecule has 0 spiro atoms. The molecular formula is C6H17NSi. The van der Waals surface area contributed by atoms with Crippen LogP contribution in [0.1, 0.15) is 20.8 Å². The molecule has 0 atom stereocenters. The van der Waals surface area contributed by atoms with E-state index >= 15 is 0 Å². The molecule has 1 N–H and O–H groups in total. The third kappa shape index (κ3) is 6.18. The maximum atomic E-state index is 3.41. The lowest BCUT2D eigenvalue weighted by molar-refractivity contribution is 0.439. The van der Waals surface area contributed by atoms with Crippen molar-refractivity contribution in [1.29, 1.82) is 0 Å². The van der Waals surface area contributed by atoms with Gasteiger partial charge < -0.3 is 5.32 Å². The summed E-state index contributed by atoms with van der Waals surface area (Å²) in [7, 11) is 1.32. The fraction of sp³-hybridized carbons (Fsp3) is 1.00. The Kier molecular flexibility index (Phi) is 3.32. The largest absolute Gasteiger partial charge is 0.312 e. The van der Waals surface area contributed by atoms with Gasteiger partial charge >= 0.3 is 0 Å². The molecule has 0 heterocycles. The molecule has 0 amide bonds. The standard InChI is InChI=1S/C6H17NSi/c1-6(2,3)7-4-5-8/h7H,4-5H2,1-3,8H3. The van der Waals surface area contributed by atoms with Gasteiger partial charge in [0, 0.05) is 15.8 Å². The van der Waals surface area contributed by atoms with Crippen molar-refractivity contribution in [2.24, 2.45) is 0 Å². The molecule has 0 saturated heterocycles. The molecule has 0 aromatic rings. The van der Waals surface area contributed by atoms with E-state index in [0.717, 1.165) is 0 Å². The van der Waals surface area contributed by atoms with Gasteiger partial charge in [0.15, 0.2) is 0 Å². The average Bonchev–Trinajstić information content (AvgIpc) is 1.59. The highest BCUT2D eigenvalue weighted by atomic mass is 28.1. The Labute approximate surface area is 55.3 Å². The zero-order valence-corrected chi connectivity index (χ0v) is 8.41. The molecule has 0 radical (unpaired) electrons. The maximum absolute atomic E-state index is 3.41. The van der Waals surface area contributed by atoms with Gasteiger partial charge in [0.1, 0.15) is 0 Å². The van der Waals surface area contributed by atoms with Crippen LogP contribution in [-0.2, 0) is 0 Å². The molecule has 0 fully saturated rings. The van der Waals surface area contributed by atoms with Crippen molar-refractivity contribution in [3.63, 3.8) is 0 Å². The van der Waals surface area contributed by atoms with Gasteiger partial charge in [-0.05, 0) is 27.3 Å². The smallest absolute Gasteiger partial charge is 0.00963 e. The summed E-state index contributed by atoms with van der Waals surface area (Å²) in [6.45, 7) is 7.79. The normalized spacial score (nSPS) is 12.4. The summed E-state index contributed by atoms with van der Waals surface area (Å²) in [5.41, 5.74) is 0.324. The lowest BCUT2D eigenvalue weighted by Gasteiger charge is -2.19. The summed E-state index contributed by atoms with van der Waals surface area (Å²) in [4.78, 5) is 0. The van der Waals surface area contributed by atoms with Crippen LogP contribution in [0.5, 0.6) is 0 Å². The second kappa shape index (κ2) is 3.25. The van der Waals surface area contributed by atoms with Gasteiger partial charge in [-0.2, -0.15) is 0 Å². The number of hydrogen-bond donors (Lipinski definition) is 1. The first kappa shape index (κ1) is 8.18. The second-order valence-corrected chi connectivity index (χ2v) is 4.18. The highest BCUT2D eigenvalue weighted by molar-refractivity contribution is 6.08. The molecule has 0 saturated carbocycles. The zero-order valence-electron chi connectivity index (χ0n) is 6.41. The van der Waals surface area contributed by atoms with Crippen LogP contribution < -0.4 is 5.32 Å². The molecule has 8 heavy (non-hydrogen) atoms. The van der Waals surface area contributed by atoms with Crippen molar-refractivity contribution in [1.82, 2.24) is 5.32 Å². The van der Waals surface area contributed by atoms with Crippen molar-refractivity contribution >= 4 is 10.2 Å². The Hall–Kier alpha value is 0.177. The van der Waals surface area contributed by atoms with Gasteiger partial charge in [-0.3, -0.25) is 0 Å². The Bertz CT molecular complexity index is 56.0. The Morgan fingerprint density at radius 2 is 1.88 bits per heavy atom. The molecule has 0 aromatic carbocycles. The summed E-state index contributed by atoms with van der Waals surface area (Å²) in [6.07, 6.45) is 0. The highest BCUT2D eigenvalue weighted by Gasteiger charge is 2.05. The predicted octanol–water partition coefficient (Wildman–Crippen LogP) is 0.158. The monoisotopic (exact) mass is 131 g/mol. The summed E-state index contributed by atoms with van der Waals surface area (Å²) in [5, 5.41) is 3.41. The zero-order chi connectivity index (χ0) is 6.62. The number of nitrogens with one attached hydrogen (secondary N) is 1. The van der Waals surface area contributed by atoms with Crippen LogP contribution in [0.4, 0.5) is 0 Å². The van der Waals surface area contributed by atoms with Gasteiger partial charge in [-0.15, -0.1) is 0 Å². The Morgan fingerprint density at radius 1 is 1.38 bits per heavy atom. The van der Waals surface area contributed by atoms with Crippen LogP contribution >= 0.6 is 0 Å². The first-order valence-electron chi connectivity index (χ1n) is 3.31. The molecule has 50 valence electrons. The van der Waals surface area contributed by atoms with E-state index in [9.17, 15) is 0 Å². The Morgan fingerprint density at radius 3 is 2.00 bits per heavy atom. The van der Waals surface area contributed by atoms with Crippen molar-refractivity contribution in [3.05, 3.63) is 0 Å². The van der Waals surface area contributed by atoms with Gasteiger partial charge in [0.25, 0.3) is 0 Å². The predicted molar refractivity (Wildman–Crippen MR) is 42.5 cm³/mol. The van der Waals surface area contributed by atoms with Crippen molar-refractivity contribution < 1.29 is 0 Å². The van der Waals surface area contributed by atoms with Crippen molar-refractivity contribution in [2.75, 3.05) is 6.54 Å². The lowest BCUT2D eigenvalue weighted by Crippen LogP contribution is -2.36. The summed E-state index contributed by atoms with van der Waals surface area (Å²) >= 11 is 0. The topological polar surface area (TPSA) is 12.0 Å². The molecule has 0 aliphatic carbocycles. The van der Waals surface area contributed by atoms with Crippen molar-refractivity contribution in [2.45, 2.75) is 32.4 Å². The quantitative estimate of drug-likeness (QED) is 0.526. The SMILES string of the molecule is CC(C)(C)NCC[SiH3]. The molecule has 0 aliphatic heterocycles. The van der Waals surface area contributed by atoms with Crippen LogP contribution in [-0.4, -0.2) is 22.3 Å². The Balaban J connectivity index is 3.11. The third-order valence-corrected chi connectivity index (χ3v) is 1.41. The fourth-order valence-corrected chi connectivity index (χ4v) is 0.750. The molecule has 1 nitrogen and oxygen atoms in total. The van der Waals surface area contributed by atoms with E-state index in [4.69, 9.17) is 0 Å². The van der Waals surface area contributed by atoms with Crippen LogP contribution in [0, 0.1) is 0 Å². The average molecular weight is 131 g/mol. The van der Waals surface area contributed by atoms with E-state index in [0.29, 0.717) is 5.54 Å². The molecule has 0 unspecified atom stereocenters. The minimum Gasteiger partial charge on any atom is -0.312 e. The van der Waals surface area contributed by atoms with Crippen LogP contribution in [0.2, 0.25) is 6.04 Å². The van der Waals surface area contributed by atoms with E-state index < -0.39 is 0 Å². The number of rotatable bonds is 2. The van der Waals surface area contributed by atoms with E-state index in [1.165, 1.54) is 22.8 Å². The van der Waals surface area contributed by atoms with Gasteiger partial charge in [-0.25, -0.2) is 0 Å². The molecule has 0 aliphatic rings. The highest BCUT2D eigenvalue weighted by Crippen LogP contribution is 1.96. The molecule has 2 heteroatoms. The first-order valence-corrected chi connectivity index (χ1v) is 4.72. The minimum absolute atomic E-state index is 0.324. The van der Waals surface area contributed by atoms with Gasteiger partial charge in [-0.1, -0.05) is 6.04 Å². The maximum Gasteiger partial charge on any atom is 0.00963 e. The van der Waals surface area contributed by atoms with Crippen LogP contribution in [0.3, 0.4) is 0 Å². The van der Waals surface area contributed by atoms with E-state index in [1.54, 1.807) is 0 Å². The van der Waals surface area contributed by atoms with E-state index in [2.05, 4.69) is 26.1 Å². The van der Waals surface area contributed by atoms with E-state index in [1.807, 2.05) is 0 Å². The van der Waals surface area contributed by atoms with Crippen LogP contribution in [0.15, 0.2) is 0 Å².